The highest BCUT2D eigenvalue weighted by atomic mass is 16.5. The lowest BCUT2D eigenvalue weighted by Gasteiger charge is -2.09. The number of benzene rings is 1. The number of nitrogens with one attached hydrogen (secondary N) is 1. The monoisotopic (exact) mass is 247 g/mol. The van der Waals surface area contributed by atoms with E-state index in [1.807, 2.05) is 12.1 Å². The number of carbonyl (C=O) groups excluding carboxylic acids is 1. The molecule has 0 spiro atoms. The van der Waals surface area contributed by atoms with Crippen LogP contribution in [0.25, 0.3) is 0 Å². The van der Waals surface area contributed by atoms with Gasteiger partial charge in [-0.3, -0.25) is 0 Å². The van der Waals surface area contributed by atoms with Crippen molar-refractivity contribution in [3.8, 4) is 0 Å². The summed E-state index contributed by atoms with van der Waals surface area (Å²) in [6.45, 7) is 8.43. The summed E-state index contributed by atoms with van der Waals surface area (Å²) in [6.07, 6.45) is 2.24. The third-order valence-corrected chi connectivity index (χ3v) is 2.56. The quantitative estimate of drug-likeness (QED) is 0.594. The van der Waals surface area contributed by atoms with E-state index in [0.717, 1.165) is 18.5 Å². The van der Waals surface area contributed by atoms with Crippen LogP contribution in [0.15, 0.2) is 36.4 Å². The van der Waals surface area contributed by atoms with E-state index in [1.165, 1.54) is 5.56 Å². The van der Waals surface area contributed by atoms with Crippen molar-refractivity contribution in [2.75, 3.05) is 18.5 Å². The first-order valence-corrected chi connectivity index (χ1v) is 6.35. The van der Waals surface area contributed by atoms with Gasteiger partial charge in [0.15, 0.2) is 0 Å². The molecule has 0 aliphatic carbocycles. The largest absolute Gasteiger partial charge is 0.463 e. The van der Waals surface area contributed by atoms with Crippen LogP contribution in [0.1, 0.15) is 25.8 Å². The Morgan fingerprint density at radius 3 is 2.50 bits per heavy atom. The van der Waals surface area contributed by atoms with Crippen LogP contribution in [0.3, 0.4) is 0 Å². The predicted octanol–water partition coefficient (Wildman–Crippen LogP) is 3.17. The number of hydrogen-bond donors (Lipinski definition) is 1. The van der Waals surface area contributed by atoms with E-state index in [2.05, 4.69) is 31.0 Å². The number of ether oxygens (including phenoxy) is 1. The second-order valence-electron chi connectivity index (χ2n) is 4.12. The Hall–Kier alpha value is -1.77. The molecule has 1 aromatic rings. The lowest BCUT2D eigenvalue weighted by molar-refractivity contribution is -0.138. The zero-order chi connectivity index (χ0) is 13.4. The first-order chi connectivity index (χ1) is 8.67. The first-order valence-electron chi connectivity index (χ1n) is 6.35. The predicted molar refractivity (Wildman–Crippen MR) is 74.7 cm³/mol. The molecule has 0 aliphatic rings. The average molecular weight is 247 g/mol. The summed E-state index contributed by atoms with van der Waals surface area (Å²) in [5.74, 6) is -0.340. The molecule has 1 aromatic carbocycles. The van der Waals surface area contributed by atoms with Crippen LogP contribution in [-0.4, -0.2) is 19.1 Å². The lowest BCUT2D eigenvalue weighted by Crippen LogP contribution is -2.14. The van der Waals surface area contributed by atoms with Crippen molar-refractivity contribution >= 4 is 11.7 Å². The molecule has 3 heteroatoms. The number of rotatable bonds is 7. The van der Waals surface area contributed by atoms with E-state index in [9.17, 15) is 4.79 Å². The molecule has 0 bridgehead atoms. The minimum Gasteiger partial charge on any atom is -0.463 e. The molecule has 18 heavy (non-hydrogen) atoms. The Labute approximate surface area is 109 Å². The molecule has 0 atom stereocenters. The normalized spacial score (nSPS) is 9.89. The van der Waals surface area contributed by atoms with Gasteiger partial charge in [-0.15, -0.1) is 0 Å². The minimum atomic E-state index is -0.340. The molecular formula is C15H21NO2. The molecule has 0 unspecified atom stereocenters. The van der Waals surface area contributed by atoms with Crippen molar-refractivity contribution < 1.29 is 9.53 Å². The molecule has 0 heterocycles. The molecule has 1 rings (SSSR count). The first kappa shape index (κ1) is 14.3. The number of anilines is 1. The lowest BCUT2D eigenvalue weighted by atomic mass is 10.1. The second kappa shape index (κ2) is 7.54. The summed E-state index contributed by atoms with van der Waals surface area (Å²) >= 11 is 0. The van der Waals surface area contributed by atoms with Crippen molar-refractivity contribution in [2.24, 2.45) is 0 Å². The van der Waals surface area contributed by atoms with Gasteiger partial charge in [-0.1, -0.05) is 32.1 Å². The van der Waals surface area contributed by atoms with Gasteiger partial charge in [0, 0.05) is 17.8 Å². The maximum Gasteiger partial charge on any atom is 0.335 e. The van der Waals surface area contributed by atoms with Crippen molar-refractivity contribution in [1.29, 1.82) is 0 Å². The molecule has 0 aromatic heterocycles. The second-order valence-corrected chi connectivity index (χ2v) is 4.12. The Bertz CT molecular complexity index is 395. The van der Waals surface area contributed by atoms with Gasteiger partial charge in [0.2, 0.25) is 0 Å². The number of aryl methyl sites for hydroxylation is 1. The Kier molecular flexibility index (Phi) is 5.98. The van der Waals surface area contributed by atoms with Crippen molar-refractivity contribution in [3.05, 3.63) is 42.0 Å². The van der Waals surface area contributed by atoms with E-state index < -0.39 is 0 Å². The highest BCUT2D eigenvalue weighted by Gasteiger charge is 2.06. The summed E-state index contributed by atoms with van der Waals surface area (Å²) in [6, 6.07) is 8.23. The molecule has 1 N–H and O–H groups in total. The topological polar surface area (TPSA) is 38.3 Å². The van der Waals surface area contributed by atoms with Gasteiger partial charge in [0.1, 0.15) is 0 Å². The summed E-state index contributed by atoms with van der Waals surface area (Å²) in [5, 5.41) is 3.15. The molecular weight excluding hydrogens is 226 g/mol. The summed E-state index contributed by atoms with van der Waals surface area (Å²) in [5.41, 5.74) is 2.75. The Morgan fingerprint density at radius 2 is 1.94 bits per heavy atom. The number of esters is 1. The molecule has 0 fully saturated rings. The van der Waals surface area contributed by atoms with E-state index >= 15 is 0 Å². The van der Waals surface area contributed by atoms with Crippen LogP contribution < -0.4 is 5.32 Å². The van der Waals surface area contributed by atoms with Crippen LogP contribution in [0.4, 0.5) is 5.69 Å². The zero-order valence-corrected chi connectivity index (χ0v) is 11.2. The van der Waals surface area contributed by atoms with Crippen molar-refractivity contribution in [2.45, 2.75) is 26.7 Å². The Balaban J connectivity index is 2.43. The SMILES string of the molecule is C=C(CNc1ccc(CCC)cc1)C(=O)OCC. The molecule has 0 saturated heterocycles. The fourth-order valence-corrected chi connectivity index (χ4v) is 1.59. The number of hydrogen-bond acceptors (Lipinski definition) is 3. The fraction of sp³-hybridized carbons (Fsp3) is 0.400. The summed E-state index contributed by atoms with van der Waals surface area (Å²) in [4.78, 5) is 11.3. The van der Waals surface area contributed by atoms with E-state index in [-0.39, 0.29) is 5.97 Å². The maximum atomic E-state index is 11.3. The highest BCUT2D eigenvalue weighted by Crippen LogP contribution is 2.11. The smallest absolute Gasteiger partial charge is 0.335 e. The molecule has 0 aliphatic heterocycles. The average Bonchev–Trinajstić information content (AvgIpc) is 2.38. The van der Waals surface area contributed by atoms with Crippen LogP contribution in [0, 0.1) is 0 Å². The van der Waals surface area contributed by atoms with E-state index in [0.29, 0.717) is 18.7 Å². The molecule has 0 radical (unpaired) electrons. The molecule has 3 nitrogen and oxygen atoms in total. The Morgan fingerprint density at radius 1 is 1.28 bits per heavy atom. The molecule has 0 amide bonds. The van der Waals surface area contributed by atoms with E-state index in [1.54, 1.807) is 6.92 Å². The summed E-state index contributed by atoms with van der Waals surface area (Å²) in [7, 11) is 0. The van der Waals surface area contributed by atoms with Crippen molar-refractivity contribution in [3.63, 3.8) is 0 Å². The number of carbonyl (C=O) groups is 1. The van der Waals surface area contributed by atoms with Gasteiger partial charge in [-0.05, 0) is 31.0 Å². The van der Waals surface area contributed by atoms with Gasteiger partial charge in [-0.25, -0.2) is 4.79 Å². The van der Waals surface area contributed by atoms with Gasteiger partial charge in [-0.2, -0.15) is 0 Å². The fourth-order valence-electron chi connectivity index (χ4n) is 1.59. The minimum absolute atomic E-state index is 0.340. The van der Waals surface area contributed by atoms with Gasteiger partial charge < -0.3 is 10.1 Å². The van der Waals surface area contributed by atoms with Crippen LogP contribution in [0.5, 0.6) is 0 Å². The van der Waals surface area contributed by atoms with Gasteiger partial charge in [0.25, 0.3) is 0 Å². The third kappa shape index (κ3) is 4.62. The molecule has 0 saturated carbocycles. The highest BCUT2D eigenvalue weighted by molar-refractivity contribution is 5.88. The third-order valence-electron chi connectivity index (χ3n) is 2.56. The molecule has 98 valence electrons. The van der Waals surface area contributed by atoms with Gasteiger partial charge in [0.05, 0.1) is 6.61 Å². The summed E-state index contributed by atoms with van der Waals surface area (Å²) < 4.78 is 4.86. The van der Waals surface area contributed by atoms with Crippen LogP contribution in [0.2, 0.25) is 0 Å². The van der Waals surface area contributed by atoms with Crippen molar-refractivity contribution in [1.82, 2.24) is 0 Å². The van der Waals surface area contributed by atoms with Gasteiger partial charge >= 0.3 is 5.97 Å². The van der Waals surface area contributed by atoms with E-state index in [4.69, 9.17) is 4.74 Å². The zero-order valence-electron chi connectivity index (χ0n) is 11.2. The standard InChI is InChI=1S/C15H21NO2/c1-4-6-13-7-9-14(10-8-13)16-11-12(3)15(17)18-5-2/h7-10,16H,3-6,11H2,1-2H3. The van der Waals surface area contributed by atoms with Crippen LogP contribution in [-0.2, 0) is 16.0 Å². The van der Waals surface area contributed by atoms with Crippen LogP contribution >= 0.6 is 0 Å². The maximum absolute atomic E-state index is 11.3.